The lowest BCUT2D eigenvalue weighted by Gasteiger charge is -2.08. The second kappa shape index (κ2) is 6.89. The fraction of sp³-hybridized carbons (Fsp3) is 0.118. The van der Waals surface area contributed by atoms with E-state index in [2.05, 4.69) is 25.4 Å². The average molecular weight is 366 g/mol. The molecule has 26 heavy (non-hydrogen) atoms. The summed E-state index contributed by atoms with van der Waals surface area (Å²) in [6.07, 6.45) is 4.72. The van der Waals surface area contributed by atoms with E-state index in [1.807, 2.05) is 24.4 Å². The Kier molecular flexibility index (Phi) is 4.28. The summed E-state index contributed by atoms with van der Waals surface area (Å²) in [7, 11) is 0. The van der Waals surface area contributed by atoms with E-state index in [0.29, 0.717) is 23.0 Å². The third kappa shape index (κ3) is 3.38. The van der Waals surface area contributed by atoms with Gasteiger partial charge in [0.25, 0.3) is 0 Å². The number of hydrogen-bond acceptors (Lipinski definition) is 7. The van der Waals surface area contributed by atoms with Crippen LogP contribution in [0.15, 0.2) is 52.9 Å². The molecule has 1 amide bonds. The Balaban J connectivity index is 1.48. The smallest absolute Gasteiger partial charge is 0.230 e. The highest BCUT2D eigenvalue weighted by molar-refractivity contribution is 7.13. The normalized spacial score (nSPS) is 10.8. The number of aromatic nitrogens is 5. The van der Waals surface area contributed by atoms with E-state index in [4.69, 9.17) is 4.42 Å². The monoisotopic (exact) mass is 366 g/mol. The van der Waals surface area contributed by atoms with Crippen molar-refractivity contribution in [3.8, 4) is 16.6 Å². The van der Waals surface area contributed by atoms with E-state index in [1.165, 1.54) is 28.7 Å². The number of carbonyl (C=O) groups excluding carboxylic acids is 1. The van der Waals surface area contributed by atoms with Crippen molar-refractivity contribution in [2.75, 3.05) is 5.32 Å². The highest BCUT2D eigenvalue weighted by Crippen LogP contribution is 2.26. The molecule has 4 heterocycles. The number of aryl methyl sites for hydroxylation is 1. The first-order chi connectivity index (χ1) is 12.7. The number of thiazole rings is 1. The summed E-state index contributed by atoms with van der Waals surface area (Å²) in [5, 5.41) is 9.51. The van der Waals surface area contributed by atoms with Crippen molar-refractivity contribution in [1.82, 2.24) is 24.7 Å². The summed E-state index contributed by atoms with van der Waals surface area (Å²) in [5.41, 5.74) is 1.24. The largest absolute Gasteiger partial charge is 0.459 e. The zero-order valence-corrected chi connectivity index (χ0v) is 14.6. The predicted octanol–water partition coefficient (Wildman–Crippen LogP) is 2.87. The van der Waals surface area contributed by atoms with E-state index in [1.54, 1.807) is 18.3 Å². The average Bonchev–Trinajstić information content (AvgIpc) is 3.36. The molecular weight excluding hydrogens is 352 g/mol. The summed E-state index contributed by atoms with van der Waals surface area (Å²) >= 11 is 1.45. The van der Waals surface area contributed by atoms with Gasteiger partial charge in [-0.15, -0.1) is 11.3 Å². The lowest BCUT2D eigenvalue weighted by molar-refractivity contribution is -0.115. The molecule has 0 saturated heterocycles. The molecule has 4 aromatic rings. The quantitative estimate of drug-likeness (QED) is 0.583. The molecule has 1 N–H and O–H groups in total. The first-order valence-electron chi connectivity index (χ1n) is 7.80. The Bertz CT molecular complexity index is 1040. The molecule has 0 aliphatic carbocycles. The maximum absolute atomic E-state index is 12.4. The van der Waals surface area contributed by atoms with Crippen molar-refractivity contribution in [3.05, 3.63) is 60.0 Å². The van der Waals surface area contributed by atoms with E-state index >= 15 is 0 Å². The van der Waals surface area contributed by atoms with Gasteiger partial charge in [0.05, 0.1) is 17.8 Å². The molecule has 0 unspecified atom stereocenters. The number of nitrogens with zero attached hydrogens (tertiary/aromatic N) is 5. The number of furan rings is 1. The number of pyridine rings is 1. The van der Waals surface area contributed by atoms with Crippen LogP contribution in [-0.4, -0.2) is 30.6 Å². The third-order valence-corrected chi connectivity index (χ3v) is 4.45. The van der Waals surface area contributed by atoms with E-state index in [-0.39, 0.29) is 12.3 Å². The fourth-order valence-corrected chi connectivity index (χ4v) is 3.18. The van der Waals surface area contributed by atoms with Crippen LogP contribution in [0.25, 0.3) is 16.6 Å². The molecule has 0 atom stereocenters. The maximum atomic E-state index is 12.4. The van der Waals surface area contributed by atoms with E-state index in [0.717, 1.165) is 10.8 Å². The summed E-state index contributed by atoms with van der Waals surface area (Å²) in [5.74, 6) is 1.85. The molecule has 130 valence electrons. The van der Waals surface area contributed by atoms with Crippen molar-refractivity contribution in [2.45, 2.75) is 13.3 Å². The van der Waals surface area contributed by atoms with Crippen LogP contribution in [0.3, 0.4) is 0 Å². The number of amides is 1. The summed E-state index contributed by atoms with van der Waals surface area (Å²) < 4.78 is 7.06. The van der Waals surface area contributed by atoms with Crippen LogP contribution in [0.1, 0.15) is 11.5 Å². The Labute approximate surface area is 152 Å². The zero-order valence-electron chi connectivity index (χ0n) is 13.8. The Hall–Kier alpha value is -3.33. The topological polar surface area (TPSA) is 98.7 Å². The van der Waals surface area contributed by atoms with Crippen molar-refractivity contribution in [3.63, 3.8) is 0 Å². The molecule has 4 aromatic heterocycles. The van der Waals surface area contributed by atoms with E-state index < -0.39 is 0 Å². The van der Waals surface area contributed by atoms with Gasteiger partial charge in [-0.1, -0.05) is 0 Å². The molecule has 0 spiro atoms. The Morgan fingerprint density at radius 3 is 3.04 bits per heavy atom. The second-order valence-corrected chi connectivity index (χ2v) is 6.35. The fourth-order valence-electron chi connectivity index (χ4n) is 2.40. The van der Waals surface area contributed by atoms with Crippen LogP contribution in [0.5, 0.6) is 0 Å². The van der Waals surface area contributed by atoms with Gasteiger partial charge in [0.15, 0.2) is 16.6 Å². The highest BCUT2D eigenvalue weighted by Gasteiger charge is 2.14. The molecule has 4 rings (SSSR count). The van der Waals surface area contributed by atoms with Crippen molar-refractivity contribution < 1.29 is 9.21 Å². The van der Waals surface area contributed by atoms with Crippen LogP contribution >= 0.6 is 11.3 Å². The first kappa shape index (κ1) is 16.2. The van der Waals surface area contributed by atoms with Crippen molar-refractivity contribution >= 4 is 22.9 Å². The first-order valence-corrected chi connectivity index (χ1v) is 8.68. The van der Waals surface area contributed by atoms with Gasteiger partial charge in [0.1, 0.15) is 18.4 Å². The molecule has 0 aliphatic heterocycles. The van der Waals surface area contributed by atoms with Gasteiger partial charge >= 0.3 is 0 Å². The third-order valence-electron chi connectivity index (χ3n) is 3.54. The molecule has 0 saturated carbocycles. The van der Waals surface area contributed by atoms with Gasteiger partial charge in [-0.2, -0.15) is 5.10 Å². The summed E-state index contributed by atoms with van der Waals surface area (Å²) in [4.78, 5) is 25.0. The van der Waals surface area contributed by atoms with Gasteiger partial charge in [-0.3, -0.25) is 4.79 Å². The van der Waals surface area contributed by atoms with Gasteiger partial charge in [-0.25, -0.2) is 19.6 Å². The number of rotatable bonds is 5. The molecule has 0 aliphatic rings. The predicted molar refractivity (Wildman–Crippen MR) is 96.0 cm³/mol. The van der Waals surface area contributed by atoms with Gasteiger partial charge in [0, 0.05) is 11.6 Å². The SMILES string of the molecule is Cc1ccc(-c2nc(CC(=O)Nc3cccnc3-n3cncn3)cs2)o1. The van der Waals surface area contributed by atoms with Gasteiger partial charge in [-0.05, 0) is 31.2 Å². The minimum absolute atomic E-state index is 0.155. The van der Waals surface area contributed by atoms with Crippen LogP contribution in [0.4, 0.5) is 5.69 Å². The standard InChI is InChI=1S/C17H14N6O2S/c1-11-4-5-14(25-11)17-21-12(8-26-17)7-15(24)22-13-3-2-6-19-16(13)23-10-18-9-20-23/h2-6,8-10H,7H2,1H3,(H,22,24). The Morgan fingerprint density at radius 1 is 1.35 bits per heavy atom. The minimum Gasteiger partial charge on any atom is -0.459 e. The number of anilines is 1. The van der Waals surface area contributed by atoms with Crippen LogP contribution in [-0.2, 0) is 11.2 Å². The van der Waals surface area contributed by atoms with Gasteiger partial charge < -0.3 is 9.73 Å². The van der Waals surface area contributed by atoms with Crippen molar-refractivity contribution in [1.29, 1.82) is 0 Å². The zero-order chi connectivity index (χ0) is 17.9. The second-order valence-electron chi connectivity index (χ2n) is 5.49. The molecule has 0 aromatic carbocycles. The summed E-state index contributed by atoms with van der Waals surface area (Å²) in [6.45, 7) is 1.88. The van der Waals surface area contributed by atoms with Crippen LogP contribution in [0, 0.1) is 6.92 Å². The molecule has 0 radical (unpaired) electrons. The maximum Gasteiger partial charge on any atom is 0.230 e. The minimum atomic E-state index is -0.188. The molecule has 0 fully saturated rings. The lowest BCUT2D eigenvalue weighted by atomic mass is 10.3. The van der Waals surface area contributed by atoms with Gasteiger partial charge in [0.2, 0.25) is 5.91 Å². The Morgan fingerprint density at radius 2 is 2.27 bits per heavy atom. The van der Waals surface area contributed by atoms with Crippen molar-refractivity contribution in [2.24, 2.45) is 0 Å². The molecule has 0 bridgehead atoms. The summed E-state index contributed by atoms with van der Waals surface area (Å²) in [6, 6.07) is 7.27. The number of nitrogens with one attached hydrogen (secondary N) is 1. The molecule has 8 nitrogen and oxygen atoms in total. The molecule has 9 heteroatoms. The lowest BCUT2D eigenvalue weighted by Crippen LogP contribution is -2.16. The van der Waals surface area contributed by atoms with Crippen LogP contribution < -0.4 is 5.32 Å². The highest BCUT2D eigenvalue weighted by atomic mass is 32.1. The number of carbonyl (C=O) groups is 1. The molecular formula is C17H14N6O2S. The van der Waals surface area contributed by atoms with Crippen LogP contribution in [0.2, 0.25) is 0 Å². The number of hydrogen-bond donors (Lipinski definition) is 1. The van der Waals surface area contributed by atoms with E-state index in [9.17, 15) is 4.79 Å².